The van der Waals surface area contributed by atoms with Crippen molar-refractivity contribution < 1.29 is 56.3 Å². The van der Waals surface area contributed by atoms with Gasteiger partial charge in [-0.05, 0) is 0 Å². The number of nitrogens with zero attached hydrogens (tertiary/aromatic N) is 2. The molecule has 0 aromatic carbocycles. The lowest BCUT2D eigenvalue weighted by Gasteiger charge is -2.21. The van der Waals surface area contributed by atoms with Gasteiger partial charge in [0.15, 0.2) is 0 Å². The van der Waals surface area contributed by atoms with Gasteiger partial charge in [-0.2, -0.15) is 8.62 Å². The van der Waals surface area contributed by atoms with Crippen LogP contribution in [0, 0.1) is 11.8 Å². The Bertz CT molecular complexity index is 1160. The number of aliphatic hydroxyl groups excluding tert-OH is 1. The Morgan fingerprint density at radius 1 is 1.24 bits per heavy atom. The van der Waals surface area contributed by atoms with E-state index in [0.29, 0.717) is 16.9 Å². The Balaban J connectivity index is 1.70. The number of aromatic nitrogens is 1. The van der Waals surface area contributed by atoms with E-state index in [1.165, 1.54) is 6.34 Å². The zero-order chi connectivity index (χ0) is 25.3. The van der Waals surface area contributed by atoms with Crippen LogP contribution in [0.2, 0.25) is 0 Å². The van der Waals surface area contributed by atoms with Gasteiger partial charge in [-0.3, -0.25) is 9.52 Å². The van der Waals surface area contributed by atoms with Gasteiger partial charge in [0.05, 0.1) is 31.2 Å². The number of rotatable bonds is 8. The molecule has 20 heteroatoms. The SMILES string of the molecule is NCC#Cc1cn([C@H]2CC(O)[C@@H](COP(=O)(O)OP(=O)(O)OP(=O)(O)O)O2)c2c1C(N)N=CN2. The van der Waals surface area contributed by atoms with E-state index in [1.54, 1.807) is 10.8 Å². The highest BCUT2D eigenvalue weighted by Crippen LogP contribution is 2.66. The van der Waals surface area contributed by atoms with Crippen molar-refractivity contribution in [2.75, 3.05) is 18.5 Å². The second-order valence-electron chi connectivity index (χ2n) is 6.90. The molecule has 0 radical (unpaired) electrons. The fourth-order valence-electron chi connectivity index (χ4n) is 3.22. The summed E-state index contributed by atoms with van der Waals surface area (Å²) in [5, 5.41) is 13.3. The fourth-order valence-corrected chi connectivity index (χ4v) is 6.25. The summed E-state index contributed by atoms with van der Waals surface area (Å²) in [5.74, 6) is 6.08. The number of anilines is 1. The quantitative estimate of drug-likeness (QED) is 0.147. The number of hydrogen-bond acceptors (Lipinski definition) is 12. The first kappa shape index (κ1) is 27.2. The van der Waals surface area contributed by atoms with Crippen molar-refractivity contribution in [2.24, 2.45) is 16.5 Å². The van der Waals surface area contributed by atoms with Crippen LogP contribution in [-0.2, 0) is 31.6 Å². The average molecular weight is 545 g/mol. The van der Waals surface area contributed by atoms with Gasteiger partial charge in [-0.25, -0.2) is 13.7 Å². The number of phosphoric ester groups is 1. The summed E-state index contributed by atoms with van der Waals surface area (Å²) >= 11 is 0. The third-order valence-corrected chi connectivity index (χ3v) is 8.26. The molecule has 0 spiro atoms. The van der Waals surface area contributed by atoms with E-state index >= 15 is 0 Å². The molecule has 0 saturated carbocycles. The van der Waals surface area contributed by atoms with Crippen LogP contribution in [0.3, 0.4) is 0 Å². The van der Waals surface area contributed by atoms with Crippen LogP contribution >= 0.6 is 23.5 Å². The van der Waals surface area contributed by atoms with E-state index < -0.39 is 54.7 Å². The molecule has 3 heterocycles. The molecule has 1 fully saturated rings. The van der Waals surface area contributed by atoms with E-state index in [1.807, 2.05) is 0 Å². The number of aliphatic imine (C=N–C) groups is 1. The Kier molecular flexibility index (Phi) is 8.21. The van der Waals surface area contributed by atoms with Crippen LogP contribution in [0.15, 0.2) is 11.2 Å². The van der Waals surface area contributed by atoms with Crippen LogP contribution in [0.4, 0.5) is 5.82 Å². The molecule has 17 nitrogen and oxygen atoms in total. The van der Waals surface area contributed by atoms with Gasteiger partial charge in [0.25, 0.3) is 0 Å². The summed E-state index contributed by atoms with van der Waals surface area (Å²) in [6, 6.07) is 0. The Morgan fingerprint density at radius 2 is 1.94 bits per heavy atom. The summed E-state index contributed by atoms with van der Waals surface area (Å²) in [4.78, 5) is 39.9. The Labute approximate surface area is 192 Å². The van der Waals surface area contributed by atoms with Crippen molar-refractivity contribution in [2.45, 2.75) is 31.0 Å². The molecule has 4 unspecified atom stereocenters. The van der Waals surface area contributed by atoms with E-state index in [2.05, 4.69) is 35.3 Å². The van der Waals surface area contributed by atoms with Gasteiger partial charge in [-0.1, -0.05) is 11.8 Å². The summed E-state index contributed by atoms with van der Waals surface area (Å²) in [6.07, 6.45) is -0.940. The zero-order valence-corrected chi connectivity index (χ0v) is 19.8. The van der Waals surface area contributed by atoms with E-state index in [-0.39, 0.29) is 13.0 Å². The van der Waals surface area contributed by atoms with Gasteiger partial charge in [0, 0.05) is 18.2 Å². The van der Waals surface area contributed by atoms with Crippen molar-refractivity contribution in [3.63, 3.8) is 0 Å². The molecule has 3 rings (SSSR count). The summed E-state index contributed by atoms with van der Waals surface area (Å²) in [7, 11) is -16.5. The summed E-state index contributed by atoms with van der Waals surface area (Å²) in [6.45, 7) is -0.688. The summed E-state index contributed by atoms with van der Waals surface area (Å²) < 4.78 is 53.1. The van der Waals surface area contributed by atoms with Crippen LogP contribution in [0.5, 0.6) is 0 Å². The smallest absolute Gasteiger partial charge is 0.390 e. The predicted molar refractivity (Wildman–Crippen MR) is 114 cm³/mol. The van der Waals surface area contributed by atoms with E-state index in [4.69, 9.17) is 26.0 Å². The lowest BCUT2D eigenvalue weighted by atomic mass is 10.1. The Hall–Kier alpha value is -1.44. The minimum absolute atomic E-state index is 0.00334. The Morgan fingerprint density at radius 3 is 2.59 bits per heavy atom. The molecule has 0 aliphatic carbocycles. The van der Waals surface area contributed by atoms with Crippen molar-refractivity contribution >= 4 is 35.6 Å². The van der Waals surface area contributed by atoms with Crippen LogP contribution < -0.4 is 16.8 Å². The van der Waals surface area contributed by atoms with Gasteiger partial charge in [0.2, 0.25) is 0 Å². The summed E-state index contributed by atoms with van der Waals surface area (Å²) in [5.41, 5.74) is 12.5. The lowest BCUT2D eigenvalue weighted by Crippen LogP contribution is -2.26. The largest absolute Gasteiger partial charge is 0.490 e. The lowest BCUT2D eigenvalue weighted by molar-refractivity contribution is -0.0426. The van der Waals surface area contributed by atoms with Gasteiger partial charge >= 0.3 is 23.5 Å². The minimum atomic E-state index is -5.66. The highest BCUT2D eigenvalue weighted by molar-refractivity contribution is 7.66. The number of ether oxygens (including phenoxy) is 1. The molecule has 10 N–H and O–H groups in total. The second-order valence-corrected chi connectivity index (χ2v) is 11.3. The number of nitrogens with two attached hydrogens (primary N) is 2. The maximum absolute atomic E-state index is 11.9. The van der Waals surface area contributed by atoms with Crippen LogP contribution in [-0.4, -0.2) is 60.9 Å². The normalized spacial score (nSPS) is 27.7. The van der Waals surface area contributed by atoms with Crippen molar-refractivity contribution in [3.8, 4) is 11.8 Å². The molecule has 0 amide bonds. The number of nitrogens with one attached hydrogen (secondary N) is 1. The van der Waals surface area contributed by atoms with Crippen molar-refractivity contribution in [1.82, 2.24) is 4.57 Å². The molecular formula is C14H22N5O12P3. The molecule has 1 aromatic rings. The first-order valence-electron chi connectivity index (χ1n) is 9.30. The first-order valence-corrected chi connectivity index (χ1v) is 13.8. The topological polar surface area (TPSA) is 271 Å². The molecule has 190 valence electrons. The second kappa shape index (κ2) is 10.3. The number of fused-ring (bicyclic) bond motifs is 1. The molecule has 2 aliphatic heterocycles. The van der Waals surface area contributed by atoms with Crippen LogP contribution in [0.25, 0.3) is 0 Å². The number of hydrogen-bond donors (Lipinski definition) is 8. The zero-order valence-electron chi connectivity index (χ0n) is 17.1. The van der Waals surface area contributed by atoms with Crippen LogP contribution in [0.1, 0.15) is 29.9 Å². The molecule has 34 heavy (non-hydrogen) atoms. The number of phosphoric acid groups is 3. The maximum atomic E-state index is 11.9. The molecule has 6 atom stereocenters. The maximum Gasteiger partial charge on any atom is 0.490 e. The highest BCUT2D eigenvalue weighted by Gasteiger charge is 2.43. The van der Waals surface area contributed by atoms with E-state index in [9.17, 15) is 28.6 Å². The molecule has 1 saturated heterocycles. The van der Waals surface area contributed by atoms with Gasteiger partial charge in [0.1, 0.15) is 24.3 Å². The van der Waals surface area contributed by atoms with Crippen molar-refractivity contribution in [3.05, 3.63) is 17.3 Å². The van der Waals surface area contributed by atoms with Gasteiger partial charge in [-0.15, -0.1) is 0 Å². The molecule has 2 aliphatic rings. The fraction of sp³-hybridized carbons (Fsp3) is 0.500. The average Bonchev–Trinajstić information content (AvgIpc) is 3.23. The van der Waals surface area contributed by atoms with Crippen molar-refractivity contribution in [1.29, 1.82) is 0 Å². The molecular weight excluding hydrogens is 523 g/mol. The third kappa shape index (κ3) is 6.82. The third-order valence-electron chi connectivity index (χ3n) is 4.46. The van der Waals surface area contributed by atoms with E-state index in [0.717, 1.165) is 0 Å². The minimum Gasteiger partial charge on any atom is -0.390 e. The predicted octanol–water partition coefficient (Wildman–Crippen LogP) is -0.799. The monoisotopic (exact) mass is 545 g/mol. The highest BCUT2D eigenvalue weighted by atomic mass is 31.3. The number of aliphatic hydroxyl groups is 1. The molecule has 0 bridgehead atoms. The molecule has 1 aromatic heterocycles. The van der Waals surface area contributed by atoms with Gasteiger partial charge < -0.3 is 50.8 Å². The first-order chi connectivity index (χ1) is 15.7. The standard InChI is InChI=1S/C14H22N5O12P3/c15-3-1-2-8-5-19(14-12(8)13(16)17-7-18-14)11-4-9(20)10(29-11)6-28-33(24,25)31-34(26,27)30-32(21,22)23/h5,7,9-11,13,20H,3-4,6,15-16H2,(H,17,18)(H,24,25)(H,26,27)(H2,21,22,23)/t9?,10-,11-,13?/m1/s1.